The van der Waals surface area contributed by atoms with E-state index in [1.54, 1.807) is 0 Å². The lowest BCUT2D eigenvalue weighted by molar-refractivity contribution is -0.137. The summed E-state index contributed by atoms with van der Waals surface area (Å²) in [5, 5.41) is 4.03. The maximum absolute atomic E-state index is 12.4. The van der Waals surface area contributed by atoms with Gasteiger partial charge in [0.05, 0.1) is 10.6 Å². The molecular formula is C13H19F3N2S. The summed E-state index contributed by atoms with van der Waals surface area (Å²) in [5.74, 6) is 0.814. The lowest BCUT2D eigenvalue weighted by Gasteiger charge is -2.15. The van der Waals surface area contributed by atoms with Gasteiger partial charge in [-0.1, -0.05) is 13.8 Å². The summed E-state index contributed by atoms with van der Waals surface area (Å²) < 4.78 is 37.1. The van der Waals surface area contributed by atoms with Crippen molar-refractivity contribution >= 4 is 11.8 Å². The molecule has 0 aliphatic rings. The number of rotatable bonds is 7. The zero-order chi connectivity index (χ0) is 14.3. The molecular weight excluding hydrogens is 273 g/mol. The number of pyridine rings is 1. The van der Waals surface area contributed by atoms with Crippen LogP contribution >= 0.6 is 11.8 Å². The minimum atomic E-state index is -4.31. The number of thioether (sulfide) groups is 1. The molecule has 1 rings (SSSR count). The fourth-order valence-electron chi connectivity index (χ4n) is 1.49. The zero-order valence-corrected chi connectivity index (χ0v) is 11.9. The maximum Gasteiger partial charge on any atom is 0.417 e. The SMILES string of the molecule is CCCNC(CC)CSc1ccc(C(F)(F)F)cn1. The molecule has 0 fully saturated rings. The van der Waals surface area contributed by atoms with E-state index in [-0.39, 0.29) is 0 Å². The molecule has 2 nitrogen and oxygen atoms in total. The molecule has 6 heteroatoms. The average molecular weight is 292 g/mol. The first kappa shape index (κ1) is 16.3. The van der Waals surface area contributed by atoms with Crippen molar-refractivity contribution in [3.63, 3.8) is 0 Å². The topological polar surface area (TPSA) is 24.9 Å². The van der Waals surface area contributed by atoms with Crippen molar-refractivity contribution in [1.29, 1.82) is 0 Å². The van der Waals surface area contributed by atoms with E-state index >= 15 is 0 Å². The Bertz CT molecular complexity index is 365. The molecule has 19 heavy (non-hydrogen) atoms. The Morgan fingerprint density at radius 1 is 1.32 bits per heavy atom. The van der Waals surface area contributed by atoms with Crippen molar-refractivity contribution in [2.45, 2.75) is 43.9 Å². The van der Waals surface area contributed by atoms with Crippen LogP contribution < -0.4 is 5.32 Å². The second-order valence-corrected chi connectivity index (χ2v) is 5.29. The van der Waals surface area contributed by atoms with Gasteiger partial charge >= 0.3 is 6.18 Å². The van der Waals surface area contributed by atoms with E-state index in [1.165, 1.54) is 17.8 Å². The molecule has 0 saturated carbocycles. The fraction of sp³-hybridized carbons (Fsp3) is 0.615. The summed E-state index contributed by atoms with van der Waals surface area (Å²) in [4.78, 5) is 3.85. The highest BCUT2D eigenvalue weighted by atomic mass is 32.2. The van der Waals surface area contributed by atoms with Crippen LogP contribution in [0.5, 0.6) is 0 Å². The van der Waals surface area contributed by atoms with E-state index in [2.05, 4.69) is 24.1 Å². The largest absolute Gasteiger partial charge is 0.417 e. The van der Waals surface area contributed by atoms with E-state index in [9.17, 15) is 13.2 Å². The number of nitrogens with one attached hydrogen (secondary N) is 1. The molecule has 0 aromatic carbocycles. The Balaban J connectivity index is 2.49. The van der Waals surface area contributed by atoms with Crippen LogP contribution in [0.15, 0.2) is 23.4 Å². The molecule has 0 aliphatic carbocycles. The molecule has 1 N–H and O–H groups in total. The third kappa shape index (κ3) is 5.82. The van der Waals surface area contributed by atoms with Gasteiger partial charge in [0.25, 0.3) is 0 Å². The molecule has 1 heterocycles. The predicted octanol–water partition coefficient (Wildman–Crippen LogP) is 3.97. The van der Waals surface area contributed by atoms with Gasteiger partial charge in [0, 0.05) is 18.0 Å². The van der Waals surface area contributed by atoms with Gasteiger partial charge in [-0.05, 0) is 31.5 Å². The first-order chi connectivity index (χ1) is 8.97. The predicted molar refractivity (Wildman–Crippen MR) is 72.3 cm³/mol. The molecule has 0 saturated heterocycles. The normalized spacial score (nSPS) is 13.5. The summed E-state index contributed by atoms with van der Waals surface area (Å²) in [6.07, 6.45) is -1.36. The van der Waals surface area contributed by atoms with Crippen LogP contribution in [0.3, 0.4) is 0 Å². The number of aromatic nitrogens is 1. The average Bonchev–Trinajstić information content (AvgIpc) is 2.38. The number of halogens is 3. The summed E-state index contributed by atoms with van der Waals surface area (Å²) >= 11 is 1.48. The van der Waals surface area contributed by atoms with Gasteiger partial charge in [-0.25, -0.2) is 4.98 Å². The van der Waals surface area contributed by atoms with E-state index in [1.807, 2.05) is 0 Å². The highest BCUT2D eigenvalue weighted by molar-refractivity contribution is 7.99. The van der Waals surface area contributed by atoms with Crippen molar-refractivity contribution in [3.8, 4) is 0 Å². The molecule has 1 unspecified atom stereocenters. The molecule has 0 amide bonds. The zero-order valence-electron chi connectivity index (χ0n) is 11.1. The summed E-state index contributed by atoms with van der Waals surface area (Å²) in [6, 6.07) is 2.88. The van der Waals surface area contributed by atoms with Gasteiger partial charge in [-0.3, -0.25) is 0 Å². The fourth-order valence-corrected chi connectivity index (χ4v) is 2.51. The minimum absolute atomic E-state index is 0.369. The van der Waals surface area contributed by atoms with Crippen LogP contribution in [0.2, 0.25) is 0 Å². The van der Waals surface area contributed by atoms with Crippen LogP contribution in [0.1, 0.15) is 32.3 Å². The van der Waals surface area contributed by atoms with E-state index in [0.717, 1.165) is 37.4 Å². The first-order valence-electron chi connectivity index (χ1n) is 6.36. The van der Waals surface area contributed by atoms with Crippen LogP contribution in [0.4, 0.5) is 13.2 Å². The summed E-state index contributed by atoms with van der Waals surface area (Å²) in [7, 11) is 0. The van der Waals surface area contributed by atoms with E-state index < -0.39 is 11.7 Å². The molecule has 1 atom stereocenters. The van der Waals surface area contributed by atoms with Crippen molar-refractivity contribution in [3.05, 3.63) is 23.9 Å². The van der Waals surface area contributed by atoms with Gasteiger partial charge in [-0.2, -0.15) is 13.2 Å². The van der Waals surface area contributed by atoms with E-state index in [0.29, 0.717) is 11.1 Å². The van der Waals surface area contributed by atoms with Gasteiger partial charge in [0.1, 0.15) is 0 Å². The lowest BCUT2D eigenvalue weighted by atomic mass is 10.2. The monoisotopic (exact) mass is 292 g/mol. The quantitative estimate of drug-likeness (QED) is 0.770. The molecule has 108 valence electrons. The standard InChI is InChI=1S/C13H19F3N2S/c1-3-7-17-11(4-2)9-19-12-6-5-10(8-18-12)13(14,15)16/h5-6,8,11,17H,3-4,7,9H2,1-2H3. The van der Waals surface area contributed by atoms with Gasteiger partial charge in [0.2, 0.25) is 0 Å². The van der Waals surface area contributed by atoms with Crippen molar-refractivity contribution in [2.75, 3.05) is 12.3 Å². The summed E-state index contributed by atoms with van der Waals surface area (Å²) in [5.41, 5.74) is -0.701. The molecule has 0 bridgehead atoms. The van der Waals surface area contributed by atoms with Crippen LogP contribution in [-0.4, -0.2) is 23.3 Å². The highest BCUT2D eigenvalue weighted by Gasteiger charge is 2.30. The van der Waals surface area contributed by atoms with Crippen molar-refractivity contribution < 1.29 is 13.2 Å². The molecule has 1 aromatic rings. The number of alkyl halides is 3. The van der Waals surface area contributed by atoms with Crippen molar-refractivity contribution in [2.24, 2.45) is 0 Å². The Kier molecular flexibility index (Phi) is 6.65. The maximum atomic E-state index is 12.4. The Labute approximate surface area is 116 Å². The summed E-state index contributed by atoms with van der Waals surface area (Å²) in [6.45, 7) is 5.15. The third-order valence-electron chi connectivity index (χ3n) is 2.67. The lowest BCUT2D eigenvalue weighted by Crippen LogP contribution is -2.31. The second kappa shape index (κ2) is 7.75. The van der Waals surface area contributed by atoms with E-state index in [4.69, 9.17) is 0 Å². The van der Waals surface area contributed by atoms with Crippen molar-refractivity contribution in [1.82, 2.24) is 10.3 Å². The second-order valence-electron chi connectivity index (χ2n) is 4.25. The molecule has 1 aromatic heterocycles. The minimum Gasteiger partial charge on any atom is -0.313 e. The molecule has 0 radical (unpaired) electrons. The van der Waals surface area contributed by atoms with Crippen LogP contribution in [0.25, 0.3) is 0 Å². The Morgan fingerprint density at radius 2 is 2.05 bits per heavy atom. The Hall–Kier alpha value is -0.750. The number of hydrogen-bond acceptors (Lipinski definition) is 3. The number of hydrogen-bond donors (Lipinski definition) is 1. The number of nitrogens with zero attached hydrogens (tertiary/aromatic N) is 1. The van der Waals surface area contributed by atoms with Crippen LogP contribution in [0, 0.1) is 0 Å². The first-order valence-corrected chi connectivity index (χ1v) is 7.35. The smallest absolute Gasteiger partial charge is 0.313 e. The Morgan fingerprint density at radius 3 is 2.53 bits per heavy atom. The van der Waals surface area contributed by atoms with Gasteiger partial charge in [-0.15, -0.1) is 11.8 Å². The third-order valence-corrected chi connectivity index (χ3v) is 3.78. The molecule has 0 aliphatic heterocycles. The van der Waals surface area contributed by atoms with Gasteiger partial charge < -0.3 is 5.32 Å². The highest BCUT2D eigenvalue weighted by Crippen LogP contribution is 2.29. The van der Waals surface area contributed by atoms with Gasteiger partial charge in [0.15, 0.2) is 0 Å². The molecule has 0 spiro atoms. The van der Waals surface area contributed by atoms with Crippen LogP contribution in [-0.2, 0) is 6.18 Å².